The van der Waals surface area contributed by atoms with Crippen LogP contribution in [0.1, 0.15) is 142 Å². The average Bonchev–Trinajstić information content (AvgIpc) is 2.97. The number of rotatable bonds is 18. The highest BCUT2D eigenvalue weighted by Crippen LogP contribution is 2.51. The largest absolute Gasteiger partial charge is 0.396 e. The van der Waals surface area contributed by atoms with E-state index in [0.29, 0.717) is 17.8 Å². The second-order valence-electron chi connectivity index (χ2n) is 13.4. The molecule has 3 unspecified atom stereocenters. The molecule has 0 aromatic heterocycles. The van der Waals surface area contributed by atoms with Gasteiger partial charge in [0, 0.05) is 12.5 Å². The molecule has 1 heteroatoms. The molecule has 0 saturated heterocycles. The van der Waals surface area contributed by atoms with Gasteiger partial charge in [0.25, 0.3) is 0 Å². The zero-order chi connectivity index (χ0) is 28.8. The number of hydrogen-bond acceptors (Lipinski definition) is 1. The summed E-state index contributed by atoms with van der Waals surface area (Å²) in [7, 11) is 0. The van der Waals surface area contributed by atoms with E-state index < -0.39 is 0 Å². The van der Waals surface area contributed by atoms with Crippen molar-refractivity contribution in [2.45, 2.75) is 137 Å². The summed E-state index contributed by atoms with van der Waals surface area (Å²) >= 11 is 0. The minimum atomic E-state index is -0.0375. The predicted molar refractivity (Wildman–Crippen MR) is 176 cm³/mol. The van der Waals surface area contributed by atoms with Crippen molar-refractivity contribution in [3.63, 3.8) is 0 Å². The SMILES string of the molecule is CCCCCCCCCCCCC1=CC(C(C)C2=CCCC=C2)=C(C(C)(C)CCO)C(C(C)c2ccccc2)C1. The molecule has 0 aliphatic heterocycles. The van der Waals surface area contributed by atoms with Gasteiger partial charge in [0.1, 0.15) is 0 Å². The molecule has 0 saturated carbocycles. The maximum absolute atomic E-state index is 10.1. The van der Waals surface area contributed by atoms with Gasteiger partial charge in [-0.1, -0.05) is 158 Å². The number of hydrogen-bond donors (Lipinski definition) is 1. The zero-order valence-corrected chi connectivity index (χ0v) is 26.7. The monoisotopic (exact) mass is 544 g/mol. The second kappa shape index (κ2) is 17.2. The van der Waals surface area contributed by atoms with Crippen molar-refractivity contribution in [2.75, 3.05) is 6.61 Å². The van der Waals surface area contributed by atoms with Crippen LogP contribution in [0.3, 0.4) is 0 Å². The van der Waals surface area contributed by atoms with Crippen molar-refractivity contribution in [2.24, 2.45) is 17.3 Å². The molecule has 1 nitrogen and oxygen atoms in total. The van der Waals surface area contributed by atoms with Gasteiger partial charge in [-0.15, -0.1) is 0 Å². The number of allylic oxidation sites excluding steroid dienone is 8. The number of unbranched alkanes of at least 4 members (excludes halogenated alkanes) is 9. The quantitative estimate of drug-likeness (QED) is 0.182. The Morgan fingerprint density at radius 3 is 2.12 bits per heavy atom. The Morgan fingerprint density at radius 2 is 1.52 bits per heavy atom. The maximum atomic E-state index is 10.1. The van der Waals surface area contributed by atoms with Crippen LogP contribution in [0.5, 0.6) is 0 Å². The molecule has 40 heavy (non-hydrogen) atoms. The third kappa shape index (κ3) is 9.61. The molecule has 1 N–H and O–H groups in total. The Hall–Kier alpha value is -1.86. The summed E-state index contributed by atoms with van der Waals surface area (Å²) in [5.74, 6) is 1.30. The lowest BCUT2D eigenvalue weighted by Gasteiger charge is -2.43. The lowest BCUT2D eigenvalue weighted by Crippen LogP contribution is -2.31. The van der Waals surface area contributed by atoms with Gasteiger partial charge in [-0.3, -0.25) is 0 Å². The van der Waals surface area contributed by atoms with Crippen LogP contribution in [0, 0.1) is 17.3 Å². The number of aliphatic hydroxyl groups is 1. The second-order valence-corrected chi connectivity index (χ2v) is 13.4. The zero-order valence-electron chi connectivity index (χ0n) is 26.7. The Kier molecular flexibility index (Phi) is 14.0. The lowest BCUT2D eigenvalue weighted by atomic mass is 9.62. The van der Waals surface area contributed by atoms with E-state index in [0.717, 1.165) is 25.7 Å². The van der Waals surface area contributed by atoms with Crippen LogP contribution in [-0.2, 0) is 0 Å². The Morgan fingerprint density at radius 1 is 0.875 bits per heavy atom. The van der Waals surface area contributed by atoms with Crippen molar-refractivity contribution in [1.82, 2.24) is 0 Å². The smallest absolute Gasteiger partial charge is 0.0439 e. The van der Waals surface area contributed by atoms with Gasteiger partial charge in [-0.2, -0.15) is 0 Å². The Bertz CT molecular complexity index is 989. The van der Waals surface area contributed by atoms with Crippen LogP contribution in [0.2, 0.25) is 0 Å². The van der Waals surface area contributed by atoms with Crippen LogP contribution in [0.4, 0.5) is 0 Å². The fraction of sp³-hybridized carbons (Fsp3) is 0.641. The molecule has 0 spiro atoms. The fourth-order valence-corrected chi connectivity index (χ4v) is 7.18. The van der Waals surface area contributed by atoms with E-state index in [1.54, 1.807) is 11.1 Å². The molecular formula is C39H60O. The highest BCUT2D eigenvalue weighted by atomic mass is 16.3. The van der Waals surface area contributed by atoms with Crippen LogP contribution >= 0.6 is 0 Å². The van der Waals surface area contributed by atoms with Crippen molar-refractivity contribution in [1.29, 1.82) is 0 Å². The average molecular weight is 545 g/mol. The molecule has 0 bridgehead atoms. The molecular weight excluding hydrogens is 484 g/mol. The van der Waals surface area contributed by atoms with Gasteiger partial charge >= 0.3 is 0 Å². The van der Waals surface area contributed by atoms with Gasteiger partial charge in [-0.25, -0.2) is 0 Å². The van der Waals surface area contributed by atoms with E-state index in [1.165, 1.54) is 87.3 Å². The molecule has 3 atom stereocenters. The summed E-state index contributed by atoms with van der Waals surface area (Å²) < 4.78 is 0. The van der Waals surface area contributed by atoms with E-state index in [9.17, 15) is 5.11 Å². The van der Waals surface area contributed by atoms with Crippen LogP contribution in [0.25, 0.3) is 0 Å². The Labute approximate surface area is 247 Å². The van der Waals surface area contributed by atoms with E-state index in [-0.39, 0.29) is 12.0 Å². The highest BCUT2D eigenvalue weighted by Gasteiger charge is 2.38. The first-order valence-electron chi connectivity index (χ1n) is 16.9. The van der Waals surface area contributed by atoms with E-state index in [2.05, 4.69) is 89.3 Å². The predicted octanol–water partition coefficient (Wildman–Crippen LogP) is 11.7. The summed E-state index contributed by atoms with van der Waals surface area (Å²) in [5, 5.41) is 10.1. The third-order valence-corrected chi connectivity index (χ3v) is 9.76. The number of benzene rings is 1. The third-order valence-electron chi connectivity index (χ3n) is 9.76. The van der Waals surface area contributed by atoms with Gasteiger partial charge in [0.05, 0.1) is 0 Å². The standard InChI is InChI=1S/C39H60O/c1-6-7-8-9-10-11-12-13-14-17-22-33-29-36(31(2)34-23-18-15-19-24-34)38(39(4,5)27-28-40)37(30-33)32(3)35-25-20-16-21-26-35/h15,18-20,23-26,30-32,36,40H,6-14,16-17,21-22,27-29H2,1-5H3. The molecule has 2 aliphatic carbocycles. The van der Waals surface area contributed by atoms with Gasteiger partial charge < -0.3 is 5.11 Å². The van der Waals surface area contributed by atoms with Crippen molar-refractivity contribution in [3.8, 4) is 0 Å². The summed E-state index contributed by atoms with van der Waals surface area (Å²) in [6.07, 6.45) is 29.2. The van der Waals surface area contributed by atoms with Gasteiger partial charge in [-0.05, 0) is 72.5 Å². The summed E-state index contributed by atoms with van der Waals surface area (Å²) in [6.45, 7) is 12.2. The Balaban J connectivity index is 1.82. The topological polar surface area (TPSA) is 20.2 Å². The van der Waals surface area contributed by atoms with Crippen molar-refractivity contribution < 1.29 is 5.11 Å². The first-order chi connectivity index (χ1) is 19.4. The molecule has 222 valence electrons. The first kappa shape index (κ1) is 32.7. The van der Waals surface area contributed by atoms with E-state index in [1.807, 2.05) is 0 Å². The van der Waals surface area contributed by atoms with Gasteiger partial charge in [0.2, 0.25) is 0 Å². The summed E-state index contributed by atoms with van der Waals surface area (Å²) in [4.78, 5) is 0. The normalized spacial score (nSPS) is 19.4. The molecule has 0 radical (unpaired) electrons. The molecule has 0 heterocycles. The molecule has 0 amide bonds. The lowest BCUT2D eigenvalue weighted by molar-refractivity contribution is 0.218. The van der Waals surface area contributed by atoms with Crippen LogP contribution in [0.15, 0.2) is 76.9 Å². The van der Waals surface area contributed by atoms with E-state index >= 15 is 0 Å². The van der Waals surface area contributed by atoms with Crippen LogP contribution in [-0.4, -0.2) is 11.7 Å². The maximum Gasteiger partial charge on any atom is 0.0439 e. The summed E-state index contributed by atoms with van der Waals surface area (Å²) in [5.41, 5.74) is 7.66. The summed E-state index contributed by atoms with van der Waals surface area (Å²) in [6, 6.07) is 11.2. The fourth-order valence-electron chi connectivity index (χ4n) is 7.18. The minimum Gasteiger partial charge on any atom is -0.396 e. The molecule has 1 aromatic rings. The van der Waals surface area contributed by atoms with Crippen molar-refractivity contribution >= 4 is 0 Å². The van der Waals surface area contributed by atoms with Crippen LogP contribution < -0.4 is 0 Å². The molecule has 0 fully saturated rings. The highest BCUT2D eigenvalue weighted by molar-refractivity contribution is 5.46. The van der Waals surface area contributed by atoms with Gasteiger partial charge in [0.15, 0.2) is 0 Å². The minimum absolute atomic E-state index is 0.0375. The number of aliphatic hydroxyl groups excluding tert-OH is 1. The van der Waals surface area contributed by atoms with E-state index in [4.69, 9.17) is 0 Å². The van der Waals surface area contributed by atoms with Crippen molar-refractivity contribution in [3.05, 3.63) is 82.5 Å². The molecule has 1 aromatic carbocycles. The first-order valence-corrected chi connectivity index (χ1v) is 16.9. The molecule has 3 rings (SSSR count). The molecule has 2 aliphatic rings.